The molecule has 0 bridgehead atoms. The molecule has 1 aromatic heterocycles. The number of hydrogen-bond acceptors (Lipinski definition) is 0. The number of para-hydroxylation sites is 1. The van der Waals surface area contributed by atoms with Crippen molar-refractivity contribution in [1.82, 2.24) is 4.57 Å². The Morgan fingerprint density at radius 3 is 2.48 bits per heavy atom. The first-order chi connectivity index (χ1) is 9.97. The minimum atomic E-state index is -4.36. The first-order valence-electron chi connectivity index (χ1n) is 6.35. The molecule has 0 saturated heterocycles. The van der Waals surface area contributed by atoms with Crippen molar-refractivity contribution < 1.29 is 13.2 Å². The average Bonchev–Trinajstić information content (AvgIpc) is 2.83. The van der Waals surface area contributed by atoms with Gasteiger partial charge in [0.05, 0.1) is 16.1 Å². The lowest BCUT2D eigenvalue weighted by Crippen LogP contribution is -2.11. The maximum absolute atomic E-state index is 13.0. The largest absolute Gasteiger partial charge is 0.416 e. The molecule has 1 heterocycles. The molecule has 3 rings (SSSR count). The summed E-state index contributed by atoms with van der Waals surface area (Å²) in [5.41, 5.74) is 0.359. The van der Waals surface area contributed by atoms with Gasteiger partial charge in [-0.3, -0.25) is 0 Å². The third kappa shape index (κ3) is 2.63. The lowest BCUT2D eigenvalue weighted by atomic mass is 10.1. The number of benzene rings is 2. The molecular weight excluding hydrogens is 299 g/mol. The fourth-order valence-corrected chi connectivity index (χ4v) is 2.75. The molecule has 0 N–H and O–H groups in total. The number of hydrogen-bond donors (Lipinski definition) is 0. The van der Waals surface area contributed by atoms with Crippen molar-refractivity contribution in [2.45, 2.75) is 12.7 Å². The van der Waals surface area contributed by atoms with Crippen LogP contribution in [0.5, 0.6) is 0 Å². The molecule has 5 heteroatoms. The van der Waals surface area contributed by atoms with E-state index < -0.39 is 11.7 Å². The van der Waals surface area contributed by atoms with Gasteiger partial charge in [0.25, 0.3) is 0 Å². The molecule has 0 aliphatic carbocycles. The van der Waals surface area contributed by atoms with Crippen LogP contribution in [0, 0.1) is 0 Å². The van der Waals surface area contributed by atoms with Gasteiger partial charge in [0.2, 0.25) is 0 Å². The summed E-state index contributed by atoms with van der Waals surface area (Å²) in [5.74, 6) is 0. The molecule has 21 heavy (non-hydrogen) atoms. The zero-order chi connectivity index (χ0) is 15.0. The van der Waals surface area contributed by atoms with E-state index in [1.807, 2.05) is 18.2 Å². The Bertz CT molecular complexity index is 790. The van der Waals surface area contributed by atoms with Gasteiger partial charge < -0.3 is 4.57 Å². The van der Waals surface area contributed by atoms with E-state index in [9.17, 15) is 13.2 Å². The van der Waals surface area contributed by atoms with Gasteiger partial charge >= 0.3 is 6.18 Å². The minimum absolute atomic E-state index is 0.128. The van der Waals surface area contributed by atoms with Crippen molar-refractivity contribution in [3.8, 4) is 0 Å². The molecule has 0 unspecified atom stereocenters. The Morgan fingerprint density at radius 1 is 0.952 bits per heavy atom. The van der Waals surface area contributed by atoms with Gasteiger partial charge in [-0.2, -0.15) is 13.2 Å². The summed E-state index contributed by atoms with van der Waals surface area (Å²) in [6.45, 7) is 0.128. The van der Waals surface area contributed by atoms with E-state index in [1.54, 1.807) is 22.9 Å². The topological polar surface area (TPSA) is 4.93 Å². The third-order valence-corrected chi connectivity index (χ3v) is 3.71. The van der Waals surface area contributed by atoms with Crippen LogP contribution in [-0.4, -0.2) is 4.57 Å². The van der Waals surface area contributed by atoms with Gasteiger partial charge in [-0.15, -0.1) is 0 Å². The smallest absolute Gasteiger partial charge is 0.342 e. The second-order valence-electron chi connectivity index (χ2n) is 4.78. The Kier molecular flexibility index (Phi) is 3.41. The number of halogens is 4. The highest BCUT2D eigenvalue weighted by atomic mass is 35.5. The highest BCUT2D eigenvalue weighted by Gasteiger charge is 2.32. The maximum Gasteiger partial charge on any atom is 0.416 e. The highest BCUT2D eigenvalue weighted by molar-refractivity contribution is 6.35. The fraction of sp³-hybridized carbons (Fsp3) is 0.125. The summed E-state index contributed by atoms with van der Waals surface area (Å²) in [5, 5.41) is 1.44. The molecule has 0 atom stereocenters. The van der Waals surface area contributed by atoms with Crippen molar-refractivity contribution in [3.05, 3.63) is 70.9 Å². The summed E-state index contributed by atoms with van der Waals surface area (Å²) < 4.78 is 40.8. The van der Waals surface area contributed by atoms with Crippen LogP contribution in [0.2, 0.25) is 5.02 Å². The SMILES string of the molecule is FC(F)(F)c1ccccc1Cn1ccc2cccc(Cl)c21. The molecule has 0 fully saturated rings. The Morgan fingerprint density at radius 2 is 1.71 bits per heavy atom. The summed E-state index contributed by atoms with van der Waals surface area (Å²) in [6, 6.07) is 12.9. The van der Waals surface area contributed by atoms with Crippen LogP contribution < -0.4 is 0 Å². The Labute approximate surface area is 124 Å². The van der Waals surface area contributed by atoms with Gasteiger partial charge in [0.15, 0.2) is 0 Å². The summed E-state index contributed by atoms with van der Waals surface area (Å²) in [6.07, 6.45) is -2.60. The van der Waals surface area contributed by atoms with Crippen molar-refractivity contribution >= 4 is 22.5 Å². The molecule has 0 aliphatic rings. The molecule has 108 valence electrons. The van der Waals surface area contributed by atoms with E-state index in [1.165, 1.54) is 12.1 Å². The lowest BCUT2D eigenvalue weighted by molar-refractivity contribution is -0.138. The summed E-state index contributed by atoms with van der Waals surface area (Å²) in [7, 11) is 0. The van der Waals surface area contributed by atoms with Crippen LogP contribution in [0.25, 0.3) is 10.9 Å². The van der Waals surface area contributed by atoms with E-state index in [4.69, 9.17) is 11.6 Å². The van der Waals surface area contributed by atoms with Gasteiger partial charge in [-0.05, 0) is 23.8 Å². The molecule has 1 nitrogen and oxygen atoms in total. The fourth-order valence-electron chi connectivity index (χ4n) is 2.46. The number of aromatic nitrogens is 1. The molecule has 0 saturated carbocycles. The molecule has 3 aromatic rings. The van der Waals surface area contributed by atoms with Gasteiger partial charge in [0.1, 0.15) is 0 Å². The number of fused-ring (bicyclic) bond motifs is 1. The Hall–Kier alpha value is -1.94. The molecule has 0 amide bonds. The van der Waals surface area contributed by atoms with Crippen molar-refractivity contribution in [2.75, 3.05) is 0 Å². The molecular formula is C16H11ClF3N. The molecule has 0 radical (unpaired) electrons. The predicted molar refractivity (Wildman–Crippen MR) is 77.5 cm³/mol. The van der Waals surface area contributed by atoms with Crippen molar-refractivity contribution in [2.24, 2.45) is 0 Å². The van der Waals surface area contributed by atoms with Crippen LogP contribution in [0.4, 0.5) is 13.2 Å². The van der Waals surface area contributed by atoms with Crippen molar-refractivity contribution in [1.29, 1.82) is 0 Å². The van der Waals surface area contributed by atoms with Crippen LogP contribution >= 0.6 is 11.6 Å². The number of rotatable bonds is 2. The quantitative estimate of drug-likeness (QED) is 0.600. The number of nitrogens with zero attached hydrogens (tertiary/aromatic N) is 1. The van der Waals surface area contributed by atoms with E-state index in [-0.39, 0.29) is 12.1 Å². The zero-order valence-corrected chi connectivity index (χ0v) is 11.6. The lowest BCUT2D eigenvalue weighted by Gasteiger charge is -2.14. The van der Waals surface area contributed by atoms with Crippen molar-refractivity contribution in [3.63, 3.8) is 0 Å². The third-order valence-electron chi connectivity index (χ3n) is 3.40. The minimum Gasteiger partial charge on any atom is -0.342 e. The van der Waals surface area contributed by atoms with Gasteiger partial charge in [0, 0.05) is 18.1 Å². The Balaban J connectivity index is 2.08. The van der Waals surface area contributed by atoms with Gasteiger partial charge in [-0.25, -0.2) is 0 Å². The van der Waals surface area contributed by atoms with E-state index in [2.05, 4.69) is 0 Å². The summed E-state index contributed by atoms with van der Waals surface area (Å²) >= 11 is 6.16. The van der Waals surface area contributed by atoms with E-state index in [0.29, 0.717) is 5.02 Å². The first-order valence-corrected chi connectivity index (χ1v) is 6.73. The monoisotopic (exact) mass is 309 g/mol. The molecule has 0 aliphatic heterocycles. The molecule has 2 aromatic carbocycles. The standard InChI is InChI=1S/C16H11ClF3N/c17-14-7-3-5-11-8-9-21(15(11)14)10-12-4-1-2-6-13(12)16(18,19)20/h1-9H,10H2. The predicted octanol–water partition coefficient (Wildman–Crippen LogP) is 5.36. The summed E-state index contributed by atoms with van der Waals surface area (Å²) in [4.78, 5) is 0. The van der Waals surface area contributed by atoms with E-state index >= 15 is 0 Å². The highest BCUT2D eigenvalue weighted by Crippen LogP contribution is 2.33. The van der Waals surface area contributed by atoms with Gasteiger partial charge in [-0.1, -0.05) is 41.9 Å². The maximum atomic E-state index is 13.0. The van der Waals surface area contributed by atoms with Crippen LogP contribution in [-0.2, 0) is 12.7 Å². The van der Waals surface area contributed by atoms with Crippen LogP contribution in [0.3, 0.4) is 0 Å². The van der Waals surface area contributed by atoms with Crippen LogP contribution in [0.1, 0.15) is 11.1 Å². The second kappa shape index (κ2) is 5.11. The van der Waals surface area contributed by atoms with E-state index in [0.717, 1.165) is 17.0 Å². The zero-order valence-electron chi connectivity index (χ0n) is 10.9. The van der Waals surface area contributed by atoms with Crippen LogP contribution in [0.15, 0.2) is 54.7 Å². The molecule has 0 spiro atoms. The average molecular weight is 310 g/mol. The normalized spacial score (nSPS) is 12.0. The number of alkyl halides is 3. The first kappa shape index (κ1) is 14.0. The second-order valence-corrected chi connectivity index (χ2v) is 5.18.